The summed E-state index contributed by atoms with van der Waals surface area (Å²) < 4.78 is 37.1. The normalized spacial score (nSPS) is 11.3. The number of carbonyl (C=O) groups excluding carboxylic acids is 1. The van der Waals surface area contributed by atoms with E-state index in [1.54, 1.807) is 0 Å². The average Bonchev–Trinajstić information content (AvgIpc) is 2.25. The number of alkyl halides is 3. The predicted molar refractivity (Wildman–Crippen MR) is 60.9 cm³/mol. The molecule has 0 fully saturated rings. The van der Waals surface area contributed by atoms with E-state index in [2.05, 4.69) is 10.3 Å². The molecular formula is C10H11F3N2OS. The molecule has 1 N–H and O–H groups in total. The Morgan fingerprint density at radius 2 is 2.24 bits per heavy atom. The summed E-state index contributed by atoms with van der Waals surface area (Å²) in [5.41, 5.74) is -0.826. The van der Waals surface area contributed by atoms with Gasteiger partial charge in [-0.2, -0.15) is 24.9 Å². The minimum absolute atomic E-state index is 0.0778. The zero-order valence-corrected chi connectivity index (χ0v) is 9.86. The Balaban J connectivity index is 2.69. The van der Waals surface area contributed by atoms with E-state index < -0.39 is 11.7 Å². The molecule has 0 atom stereocenters. The molecule has 0 aliphatic heterocycles. The molecule has 17 heavy (non-hydrogen) atoms. The molecular weight excluding hydrogens is 253 g/mol. The molecule has 7 heteroatoms. The molecule has 3 nitrogen and oxygen atoms in total. The minimum atomic E-state index is -4.43. The van der Waals surface area contributed by atoms with E-state index in [1.165, 1.54) is 11.8 Å². The van der Waals surface area contributed by atoms with Crippen molar-refractivity contribution in [3.8, 4) is 0 Å². The molecule has 0 aliphatic carbocycles. The molecule has 94 valence electrons. The van der Waals surface area contributed by atoms with Crippen LogP contribution in [0, 0.1) is 0 Å². The maximum absolute atomic E-state index is 12.4. The van der Waals surface area contributed by atoms with Gasteiger partial charge in [0, 0.05) is 18.4 Å². The average molecular weight is 264 g/mol. The molecule has 0 saturated carbocycles. The lowest BCUT2D eigenvalue weighted by atomic mass is 10.2. The molecule has 1 aromatic rings. The van der Waals surface area contributed by atoms with Crippen LogP contribution in [0.2, 0.25) is 0 Å². The SMILES string of the molecule is CSCCC(=O)Nc1cc(C(F)(F)F)ccn1. The first kappa shape index (κ1) is 13.8. The van der Waals surface area contributed by atoms with Crippen LogP contribution in [0.3, 0.4) is 0 Å². The smallest absolute Gasteiger partial charge is 0.311 e. The van der Waals surface area contributed by atoms with Crippen LogP contribution < -0.4 is 5.32 Å². The van der Waals surface area contributed by atoms with Gasteiger partial charge in [-0.15, -0.1) is 0 Å². The van der Waals surface area contributed by atoms with Crippen molar-refractivity contribution in [2.75, 3.05) is 17.3 Å². The first-order valence-electron chi connectivity index (χ1n) is 4.75. The molecule has 0 unspecified atom stereocenters. The number of carbonyl (C=O) groups is 1. The van der Waals surface area contributed by atoms with Gasteiger partial charge in [-0.1, -0.05) is 0 Å². The van der Waals surface area contributed by atoms with Gasteiger partial charge < -0.3 is 5.32 Å². The molecule has 0 radical (unpaired) electrons. The number of aromatic nitrogens is 1. The second-order valence-corrected chi connectivity index (χ2v) is 4.20. The van der Waals surface area contributed by atoms with Gasteiger partial charge in [-0.05, 0) is 18.4 Å². The van der Waals surface area contributed by atoms with E-state index >= 15 is 0 Å². The van der Waals surface area contributed by atoms with Crippen LogP contribution >= 0.6 is 11.8 Å². The number of thioether (sulfide) groups is 1. The van der Waals surface area contributed by atoms with Gasteiger partial charge >= 0.3 is 6.18 Å². The van der Waals surface area contributed by atoms with Gasteiger partial charge in [0.2, 0.25) is 5.91 Å². The molecule has 0 spiro atoms. The van der Waals surface area contributed by atoms with E-state index in [1.807, 2.05) is 6.26 Å². The topological polar surface area (TPSA) is 42.0 Å². The van der Waals surface area contributed by atoms with Crippen LogP contribution in [0.1, 0.15) is 12.0 Å². The van der Waals surface area contributed by atoms with Crippen molar-refractivity contribution in [1.82, 2.24) is 4.98 Å². The summed E-state index contributed by atoms with van der Waals surface area (Å²) in [4.78, 5) is 14.9. The molecule has 1 rings (SSSR count). The first-order valence-corrected chi connectivity index (χ1v) is 6.15. The summed E-state index contributed by atoms with van der Waals surface area (Å²) in [5, 5.41) is 2.33. The highest BCUT2D eigenvalue weighted by Gasteiger charge is 2.30. The molecule has 0 saturated heterocycles. The largest absolute Gasteiger partial charge is 0.416 e. The van der Waals surface area contributed by atoms with E-state index in [0.29, 0.717) is 5.75 Å². The molecule has 0 aromatic carbocycles. The monoisotopic (exact) mass is 264 g/mol. The van der Waals surface area contributed by atoms with Crippen LogP contribution in [0.15, 0.2) is 18.3 Å². The Bertz CT molecular complexity index is 395. The fraction of sp³-hybridized carbons (Fsp3) is 0.400. The number of amides is 1. The van der Waals surface area contributed by atoms with Crippen molar-refractivity contribution < 1.29 is 18.0 Å². The summed E-state index contributed by atoms with van der Waals surface area (Å²) in [6.07, 6.45) is -1.32. The molecule has 0 bridgehead atoms. The highest BCUT2D eigenvalue weighted by atomic mass is 32.2. The second-order valence-electron chi connectivity index (χ2n) is 3.22. The third-order valence-electron chi connectivity index (χ3n) is 1.89. The second kappa shape index (κ2) is 5.90. The van der Waals surface area contributed by atoms with Gasteiger partial charge in [-0.25, -0.2) is 4.98 Å². The van der Waals surface area contributed by atoms with E-state index in [4.69, 9.17) is 0 Å². The summed E-state index contributed by atoms with van der Waals surface area (Å²) in [7, 11) is 0. The zero-order valence-electron chi connectivity index (χ0n) is 9.04. The lowest BCUT2D eigenvalue weighted by Gasteiger charge is -2.08. The Labute approximate surface area is 101 Å². The number of hydrogen-bond donors (Lipinski definition) is 1. The van der Waals surface area contributed by atoms with Crippen molar-refractivity contribution in [3.63, 3.8) is 0 Å². The highest BCUT2D eigenvalue weighted by molar-refractivity contribution is 7.98. The van der Waals surface area contributed by atoms with Crippen molar-refractivity contribution in [2.24, 2.45) is 0 Å². The Hall–Kier alpha value is -1.24. The van der Waals surface area contributed by atoms with Crippen LogP contribution in [0.5, 0.6) is 0 Å². The van der Waals surface area contributed by atoms with E-state index in [-0.39, 0.29) is 18.1 Å². The Morgan fingerprint density at radius 3 is 2.82 bits per heavy atom. The standard InChI is InChI=1S/C10H11F3N2OS/c1-17-5-3-9(16)15-8-6-7(2-4-14-8)10(11,12)13/h2,4,6H,3,5H2,1H3,(H,14,15,16). The van der Waals surface area contributed by atoms with Gasteiger partial charge in [-0.3, -0.25) is 4.79 Å². The van der Waals surface area contributed by atoms with Crippen LogP contribution in [-0.2, 0) is 11.0 Å². The van der Waals surface area contributed by atoms with Crippen LogP contribution in [-0.4, -0.2) is 22.9 Å². The van der Waals surface area contributed by atoms with Gasteiger partial charge in [0.1, 0.15) is 5.82 Å². The number of nitrogens with zero attached hydrogens (tertiary/aromatic N) is 1. The number of pyridine rings is 1. The van der Waals surface area contributed by atoms with E-state index in [0.717, 1.165) is 18.3 Å². The quantitative estimate of drug-likeness (QED) is 0.909. The fourth-order valence-electron chi connectivity index (χ4n) is 1.08. The van der Waals surface area contributed by atoms with Crippen LogP contribution in [0.25, 0.3) is 0 Å². The van der Waals surface area contributed by atoms with Crippen molar-refractivity contribution in [1.29, 1.82) is 0 Å². The molecule has 1 amide bonds. The summed E-state index contributed by atoms with van der Waals surface area (Å²) in [6, 6.07) is 1.68. The number of anilines is 1. The van der Waals surface area contributed by atoms with Crippen molar-refractivity contribution >= 4 is 23.5 Å². The van der Waals surface area contributed by atoms with Crippen molar-refractivity contribution in [3.05, 3.63) is 23.9 Å². The first-order chi connectivity index (χ1) is 7.93. The summed E-state index contributed by atoms with van der Waals surface area (Å²) in [6.45, 7) is 0. The fourth-order valence-corrected chi connectivity index (χ4v) is 1.46. The maximum atomic E-state index is 12.4. The van der Waals surface area contributed by atoms with Gasteiger partial charge in [0.05, 0.1) is 5.56 Å². The number of rotatable bonds is 4. The zero-order chi connectivity index (χ0) is 12.9. The van der Waals surface area contributed by atoms with Gasteiger partial charge in [0.15, 0.2) is 0 Å². The third kappa shape index (κ3) is 4.64. The predicted octanol–water partition coefficient (Wildman–Crippen LogP) is 2.79. The lowest BCUT2D eigenvalue weighted by Crippen LogP contribution is -2.14. The molecule has 1 heterocycles. The number of nitrogens with one attached hydrogen (secondary N) is 1. The van der Waals surface area contributed by atoms with E-state index in [9.17, 15) is 18.0 Å². The van der Waals surface area contributed by atoms with Gasteiger partial charge in [0.25, 0.3) is 0 Å². The Morgan fingerprint density at radius 1 is 1.53 bits per heavy atom. The lowest BCUT2D eigenvalue weighted by molar-refractivity contribution is -0.137. The highest BCUT2D eigenvalue weighted by Crippen LogP contribution is 2.29. The number of hydrogen-bond acceptors (Lipinski definition) is 3. The number of halogens is 3. The summed E-state index contributed by atoms with van der Waals surface area (Å²) in [5.74, 6) is 0.197. The van der Waals surface area contributed by atoms with Crippen LogP contribution in [0.4, 0.5) is 19.0 Å². The molecule has 0 aliphatic rings. The van der Waals surface area contributed by atoms with Crippen molar-refractivity contribution in [2.45, 2.75) is 12.6 Å². The molecule has 1 aromatic heterocycles. The summed E-state index contributed by atoms with van der Waals surface area (Å²) >= 11 is 1.49. The Kier molecular flexibility index (Phi) is 4.80. The maximum Gasteiger partial charge on any atom is 0.416 e. The minimum Gasteiger partial charge on any atom is -0.311 e. The third-order valence-corrected chi connectivity index (χ3v) is 2.50.